The summed E-state index contributed by atoms with van der Waals surface area (Å²) in [5.74, 6) is 0. The molecule has 2 aromatic heterocycles. The molecule has 4 rings (SSSR count). The maximum Gasteiger partial charge on any atom is 0.161 e. The number of alkyl halides is 1. The van der Waals surface area contributed by atoms with Gasteiger partial charge in [0.1, 0.15) is 12.5 Å². The largest absolute Gasteiger partial charge is 0.300 e. The summed E-state index contributed by atoms with van der Waals surface area (Å²) in [4.78, 5) is 10.4. The molecule has 0 bridgehead atoms. The Morgan fingerprint density at radius 3 is 2.88 bits per heavy atom. The van der Waals surface area contributed by atoms with Gasteiger partial charge in [-0.15, -0.1) is 0 Å². The lowest BCUT2D eigenvalue weighted by Crippen LogP contribution is -2.43. The van der Waals surface area contributed by atoms with Gasteiger partial charge in [0.25, 0.3) is 0 Å². The van der Waals surface area contributed by atoms with Crippen molar-refractivity contribution in [3.63, 3.8) is 0 Å². The van der Waals surface area contributed by atoms with Gasteiger partial charge in [-0.1, -0.05) is 30.3 Å². The van der Waals surface area contributed by atoms with E-state index in [1.807, 2.05) is 18.2 Å². The third-order valence-electron chi connectivity index (χ3n) is 4.72. The normalized spacial score (nSPS) is 22.0. The van der Waals surface area contributed by atoms with Gasteiger partial charge in [-0.25, -0.2) is 19.0 Å². The Balaban J connectivity index is 1.41. The second kappa shape index (κ2) is 6.65. The Kier molecular flexibility index (Phi) is 4.21. The Morgan fingerprint density at radius 2 is 2.04 bits per heavy atom. The maximum absolute atomic E-state index is 14.8. The van der Waals surface area contributed by atoms with Crippen LogP contribution in [0.2, 0.25) is 0 Å². The molecule has 0 aliphatic carbocycles. The minimum absolute atomic E-state index is 0.245. The van der Waals surface area contributed by atoms with Crippen molar-refractivity contribution >= 4 is 11.0 Å². The van der Waals surface area contributed by atoms with Crippen molar-refractivity contribution in [1.82, 2.24) is 24.6 Å². The van der Waals surface area contributed by atoms with E-state index in [-0.39, 0.29) is 6.04 Å². The first kappa shape index (κ1) is 15.2. The van der Waals surface area contributed by atoms with E-state index in [4.69, 9.17) is 0 Å². The second-order valence-electron chi connectivity index (χ2n) is 6.30. The van der Waals surface area contributed by atoms with Gasteiger partial charge in [-0.2, -0.15) is 5.10 Å². The standard InChI is InChI=1S/C18H20FN5/c19-16-12-23(8-6-14-4-2-1-3-5-14)9-7-17(16)24-18-15(11-22-24)10-20-13-21-18/h1-5,10-11,13,16-17H,6-9,12H2/t16-,17-/m1/s1. The number of rotatable bonds is 4. The molecule has 1 saturated heterocycles. The number of likely N-dealkylation sites (tertiary alicyclic amines) is 1. The second-order valence-corrected chi connectivity index (χ2v) is 6.30. The van der Waals surface area contributed by atoms with Gasteiger partial charge in [-0.3, -0.25) is 4.90 Å². The van der Waals surface area contributed by atoms with Gasteiger partial charge < -0.3 is 0 Å². The van der Waals surface area contributed by atoms with Gasteiger partial charge in [0.05, 0.1) is 17.6 Å². The van der Waals surface area contributed by atoms with Crippen LogP contribution in [0.3, 0.4) is 0 Å². The van der Waals surface area contributed by atoms with Gasteiger partial charge in [-0.05, 0) is 18.4 Å². The summed E-state index contributed by atoms with van der Waals surface area (Å²) >= 11 is 0. The topological polar surface area (TPSA) is 46.8 Å². The minimum atomic E-state index is -0.937. The van der Waals surface area contributed by atoms with Crippen LogP contribution in [-0.4, -0.2) is 50.5 Å². The van der Waals surface area contributed by atoms with E-state index in [0.29, 0.717) is 6.54 Å². The minimum Gasteiger partial charge on any atom is -0.300 e. The summed E-state index contributed by atoms with van der Waals surface area (Å²) in [5, 5.41) is 5.20. The molecule has 0 unspecified atom stereocenters. The highest BCUT2D eigenvalue weighted by Crippen LogP contribution is 2.27. The van der Waals surface area contributed by atoms with Crippen LogP contribution in [-0.2, 0) is 6.42 Å². The first-order chi connectivity index (χ1) is 11.8. The Bertz CT molecular complexity index is 803. The summed E-state index contributed by atoms with van der Waals surface area (Å²) in [7, 11) is 0. The molecule has 0 spiro atoms. The first-order valence-corrected chi connectivity index (χ1v) is 8.35. The lowest BCUT2D eigenvalue weighted by atomic mass is 10.0. The number of fused-ring (bicyclic) bond motifs is 1. The van der Waals surface area contributed by atoms with E-state index >= 15 is 0 Å². The molecule has 1 aromatic carbocycles. The van der Waals surface area contributed by atoms with Crippen molar-refractivity contribution in [2.24, 2.45) is 0 Å². The average molecular weight is 325 g/mol. The van der Waals surface area contributed by atoms with Crippen molar-refractivity contribution in [3.8, 4) is 0 Å². The number of nitrogens with zero attached hydrogens (tertiary/aromatic N) is 5. The predicted molar refractivity (Wildman–Crippen MR) is 90.5 cm³/mol. The van der Waals surface area contributed by atoms with Crippen molar-refractivity contribution in [1.29, 1.82) is 0 Å². The summed E-state index contributed by atoms with van der Waals surface area (Å²) in [6.07, 6.45) is 5.68. The van der Waals surface area contributed by atoms with Crippen LogP contribution in [0.15, 0.2) is 49.1 Å². The number of hydrogen-bond acceptors (Lipinski definition) is 4. The summed E-state index contributed by atoms with van der Waals surface area (Å²) < 4.78 is 16.5. The molecular formula is C18H20FN5. The van der Waals surface area contributed by atoms with Crippen molar-refractivity contribution in [2.75, 3.05) is 19.6 Å². The molecular weight excluding hydrogens is 305 g/mol. The number of piperidine rings is 1. The molecule has 1 aliphatic heterocycles. The summed E-state index contributed by atoms with van der Waals surface area (Å²) in [6.45, 7) is 2.22. The van der Waals surface area contributed by atoms with E-state index in [9.17, 15) is 4.39 Å². The molecule has 1 aliphatic rings. The quantitative estimate of drug-likeness (QED) is 0.740. The van der Waals surface area contributed by atoms with Gasteiger partial charge >= 0.3 is 0 Å². The van der Waals surface area contributed by atoms with E-state index in [0.717, 1.165) is 37.0 Å². The van der Waals surface area contributed by atoms with Gasteiger partial charge in [0, 0.05) is 25.8 Å². The molecule has 24 heavy (non-hydrogen) atoms. The fourth-order valence-electron chi connectivity index (χ4n) is 3.40. The Morgan fingerprint density at radius 1 is 1.17 bits per heavy atom. The number of benzene rings is 1. The molecule has 3 heterocycles. The van der Waals surface area contributed by atoms with Crippen molar-refractivity contribution in [2.45, 2.75) is 25.1 Å². The zero-order chi connectivity index (χ0) is 16.4. The van der Waals surface area contributed by atoms with Crippen LogP contribution >= 0.6 is 0 Å². The molecule has 1 fully saturated rings. The van der Waals surface area contributed by atoms with E-state index in [2.05, 4.69) is 32.1 Å². The monoisotopic (exact) mass is 325 g/mol. The maximum atomic E-state index is 14.8. The van der Waals surface area contributed by atoms with Crippen LogP contribution < -0.4 is 0 Å². The summed E-state index contributed by atoms with van der Waals surface area (Å²) in [6, 6.07) is 10.1. The van der Waals surface area contributed by atoms with E-state index in [1.54, 1.807) is 17.1 Å². The number of halogens is 1. The van der Waals surface area contributed by atoms with Crippen LogP contribution in [0.4, 0.5) is 4.39 Å². The molecule has 6 heteroatoms. The highest BCUT2D eigenvalue weighted by atomic mass is 19.1. The van der Waals surface area contributed by atoms with Gasteiger partial charge in [0.2, 0.25) is 0 Å². The SMILES string of the molecule is F[C@@H]1CN(CCc2ccccc2)CC[C@H]1n1ncc2cncnc21. The van der Waals surface area contributed by atoms with Crippen LogP contribution in [0.25, 0.3) is 11.0 Å². The van der Waals surface area contributed by atoms with Crippen molar-refractivity contribution < 1.29 is 4.39 Å². The molecule has 5 nitrogen and oxygen atoms in total. The molecule has 0 saturated carbocycles. The molecule has 0 N–H and O–H groups in total. The predicted octanol–water partition coefficient (Wildman–Crippen LogP) is 2.65. The Hall–Kier alpha value is -2.34. The fourth-order valence-corrected chi connectivity index (χ4v) is 3.40. The molecule has 0 radical (unpaired) electrons. The summed E-state index contributed by atoms with van der Waals surface area (Å²) in [5.41, 5.74) is 2.01. The third kappa shape index (κ3) is 3.01. The molecule has 0 amide bonds. The molecule has 3 aromatic rings. The smallest absolute Gasteiger partial charge is 0.161 e. The number of hydrogen-bond donors (Lipinski definition) is 0. The lowest BCUT2D eigenvalue weighted by molar-refractivity contribution is 0.0864. The first-order valence-electron chi connectivity index (χ1n) is 8.35. The zero-order valence-corrected chi connectivity index (χ0v) is 13.4. The highest BCUT2D eigenvalue weighted by Gasteiger charge is 2.31. The van der Waals surface area contributed by atoms with Gasteiger partial charge in [0.15, 0.2) is 5.65 Å². The average Bonchev–Trinajstić information content (AvgIpc) is 3.05. The highest BCUT2D eigenvalue weighted by molar-refractivity contribution is 5.72. The lowest BCUT2D eigenvalue weighted by Gasteiger charge is -2.34. The number of aromatic nitrogens is 4. The Labute approximate surface area is 140 Å². The van der Waals surface area contributed by atoms with Crippen LogP contribution in [0, 0.1) is 0 Å². The van der Waals surface area contributed by atoms with Crippen LogP contribution in [0.1, 0.15) is 18.0 Å². The molecule has 124 valence electrons. The van der Waals surface area contributed by atoms with Crippen LogP contribution in [0.5, 0.6) is 0 Å². The zero-order valence-electron chi connectivity index (χ0n) is 13.4. The molecule has 2 atom stereocenters. The van der Waals surface area contributed by atoms with Crippen molar-refractivity contribution in [3.05, 3.63) is 54.6 Å². The fraction of sp³-hybridized carbons (Fsp3) is 0.389. The van der Waals surface area contributed by atoms with E-state index < -0.39 is 6.17 Å². The third-order valence-corrected chi connectivity index (χ3v) is 4.72. The van der Waals surface area contributed by atoms with E-state index in [1.165, 1.54) is 11.9 Å².